The topological polar surface area (TPSA) is 45.4 Å². The molecule has 118 valence electrons. The molecule has 0 spiro atoms. The van der Waals surface area contributed by atoms with E-state index in [0.29, 0.717) is 0 Å². The number of nitrogens with two attached hydrogens (primary N) is 1. The maximum Gasteiger partial charge on any atom is 0.129 e. The number of anilines is 1. The lowest BCUT2D eigenvalue weighted by Crippen LogP contribution is -2.47. The lowest BCUT2D eigenvalue weighted by Gasteiger charge is -2.35. The average Bonchev–Trinajstić information content (AvgIpc) is 2.56. The normalized spacial score (nSPS) is 16.4. The van der Waals surface area contributed by atoms with Crippen LogP contribution in [-0.4, -0.2) is 49.2 Å². The van der Waals surface area contributed by atoms with E-state index < -0.39 is 0 Å². The third kappa shape index (κ3) is 3.39. The number of hydrogen-bond donors (Lipinski definition) is 1. The van der Waals surface area contributed by atoms with Crippen molar-refractivity contribution >= 4 is 16.7 Å². The first-order chi connectivity index (χ1) is 10.8. The maximum atomic E-state index is 5.56. The van der Waals surface area contributed by atoms with E-state index in [2.05, 4.69) is 47.1 Å². The molecule has 22 heavy (non-hydrogen) atoms. The first-order valence-electron chi connectivity index (χ1n) is 8.31. The molecule has 0 unspecified atom stereocenters. The minimum absolute atomic E-state index is 0.806. The van der Waals surface area contributed by atoms with Crippen LogP contribution in [0.15, 0.2) is 30.3 Å². The molecule has 0 aliphatic carbocycles. The van der Waals surface area contributed by atoms with Crippen LogP contribution in [-0.2, 0) is 0 Å². The lowest BCUT2D eigenvalue weighted by molar-refractivity contribution is 0.253. The largest absolute Gasteiger partial charge is 0.354 e. The first-order valence-corrected chi connectivity index (χ1v) is 8.31. The Morgan fingerprint density at radius 3 is 2.64 bits per heavy atom. The number of unbranched alkanes of at least 4 members (excludes halogenated alkanes) is 1. The minimum Gasteiger partial charge on any atom is -0.354 e. The second-order valence-corrected chi connectivity index (χ2v) is 6.14. The summed E-state index contributed by atoms with van der Waals surface area (Å²) < 4.78 is 0. The number of aryl methyl sites for hydroxylation is 1. The Morgan fingerprint density at radius 2 is 1.86 bits per heavy atom. The van der Waals surface area contributed by atoms with Crippen LogP contribution in [0.25, 0.3) is 10.9 Å². The van der Waals surface area contributed by atoms with Gasteiger partial charge in [0.15, 0.2) is 0 Å². The van der Waals surface area contributed by atoms with E-state index >= 15 is 0 Å². The number of para-hydroxylation sites is 1. The molecule has 1 aromatic heterocycles. The van der Waals surface area contributed by atoms with Gasteiger partial charge in [-0.15, -0.1) is 0 Å². The van der Waals surface area contributed by atoms with E-state index in [9.17, 15) is 0 Å². The van der Waals surface area contributed by atoms with Crippen molar-refractivity contribution in [1.29, 1.82) is 0 Å². The van der Waals surface area contributed by atoms with Crippen LogP contribution >= 0.6 is 0 Å². The number of hydrogen-bond acceptors (Lipinski definition) is 4. The molecule has 4 heteroatoms. The van der Waals surface area contributed by atoms with Crippen LogP contribution in [0.3, 0.4) is 0 Å². The summed E-state index contributed by atoms with van der Waals surface area (Å²) in [4.78, 5) is 9.84. The Bertz CT molecular complexity index is 618. The molecule has 2 heterocycles. The van der Waals surface area contributed by atoms with Crippen LogP contribution < -0.4 is 10.6 Å². The van der Waals surface area contributed by atoms with E-state index in [1.807, 2.05) is 0 Å². The number of benzene rings is 1. The van der Waals surface area contributed by atoms with Crippen LogP contribution in [0.5, 0.6) is 0 Å². The summed E-state index contributed by atoms with van der Waals surface area (Å²) >= 11 is 0. The van der Waals surface area contributed by atoms with Crippen LogP contribution in [0.2, 0.25) is 0 Å². The number of aromatic nitrogens is 1. The van der Waals surface area contributed by atoms with Crippen LogP contribution in [0, 0.1) is 6.92 Å². The molecular weight excluding hydrogens is 272 g/mol. The highest BCUT2D eigenvalue weighted by Gasteiger charge is 2.17. The summed E-state index contributed by atoms with van der Waals surface area (Å²) in [5.41, 5.74) is 7.94. The van der Waals surface area contributed by atoms with Gasteiger partial charge in [-0.3, -0.25) is 4.90 Å². The monoisotopic (exact) mass is 298 g/mol. The highest BCUT2D eigenvalue weighted by Crippen LogP contribution is 2.21. The van der Waals surface area contributed by atoms with Gasteiger partial charge in [0.2, 0.25) is 0 Å². The summed E-state index contributed by atoms with van der Waals surface area (Å²) in [5, 5.41) is 1.23. The third-order valence-electron chi connectivity index (χ3n) is 4.53. The van der Waals surface area contributed by atoms with Crippen molar-refractivity contribution in [2.24, 2.45) is 5.73 Å². The molecule has 1 aliphatic heterocycles. The first kappa shape index (κ1) is 15.3. The van der Waals surface area contributed by atoms with Gasteiger partial charge in [0.05, 0.1) is 5.52 Å². The Morgan fingerprint density at radius 1 is 1.05 bits per heavy atom. The maximum absolute atomic E-state index is 5.56. The van der Waals surface area contributed by atoms with Gasteiger partial charge in [-0.25, -0.2) is 4.98 Å². The summed E-state index contributed by atoms with van der Waals surface area (Å²) in [7, 11) is 0. The SMILES string of the molecule is Cc1cccc2ccc(N3CCN(CCCCN)CC3)nc12. The fourth-order valence-corrected chi connectivity index (χ4v) is 3.14. The average molecular weight is 298 g/mol. The predicted molar refractivity (Wildman–Crippen MR) is 93.4 cm³/mol. The van der Waals surface area contributed by atoms with E-state index in [0.717, 1.165) is 50.5 Å². The second kappa shape index (κ2) is 7.07. The van der Waals surface area contributed by atoms with Gasteiger partial charge in [-0.2, -0.15) is 0 Å². The molecule has 0 bridgehead atoms. The van der Waals surface area contributed by atoms with Gasteiger partial charge in [0.25, 0.3) is 0 Å². The highest BCUT2D eigenvalue weighted by molar-refractivity contribution is 5.83. The standard InChI is InChI=1S/C18H26N4/c1-15-5-4-6-16-7-8-17(20-18(15)16)22-13-11-21(12-14-22)10-3-2-9-19/h4-8H,2-3,9-14,19H2,1H3. The molecule has 0 saturated carbocycles. The van der Waals surface area contributed by atoms with E-state index in [1.54, 1.807) is 0 Å². The molecule has 0 atom stereocenters. The Hall–Kier alpha value is -1.65. The van der Waals surface area contributed by atoms with E-state index in [4.69, 9.17) is 10.7 Å². The predicted octanol–water partition coefficient (Wildman–Crippen LogP) is 2.40. The smallest absolute Gasteiger partial charge is 0.129 e. The number of nitrogens with zero attached hydrogens (tertiary/aromatic N) is 3. The van der Waals surface area contributed by atoms with Gasteiger partial charge >= 0.3 is 0 Å². The van der Waals surface area contributed by atoms with Crippen LogP contribution in [0.1, 0.15) is 18.4 Å². The molecular formula is C18H26N4. The molecule has 1 fully saturated rings. The third-order valence-corrected chi connectivity index (χ3v) is 4.53. The van der Waals surface area contributed by atoms with Crippen molar-refractivity contribution in [3.8, 4) is 0 Å². The quantitative estimate of drug-likeness (QED) is 0.861. The van der Waals surface area contributed by atoms with Crippen molar-refractivity contribution in [2.45, 2.75) is 19.8 Å². The molecule has 0 amide bonds. The second-order valence-electron chi connectivity index (χ2n) is 6.14. The van der Waals surface area contributed by atoms with Gasteiger partial charge < -0.3 is 10.6 Å². The highest BCUT2D eigenvalue weighted by atomic mass is 15.3. The molecule has 1 aliphatic rings. The molecule has 3 rings (SSSR count). The van der Waals surface area contributed by atoms with Crippen molar-refractivity contribution in [3.63, 3.8) is 0 Å². The van der Waals surface area contributed by atoms with Crippen LogP contribution in [0.4, 0.5) is 5.82 Å². The Kier molecular flexibility index (Phi) is 4.90. The zero-order valence-corrected chi connectivity index (χ0v) is 13.5. The van der Waals surface area contributed by atoms with Gasteiger partial charge in [0.1, 0.15) is 5.82 Å². The lowest BCUT2D eigenvalue weighted by atomic mass is 10.1. The number of rotatable bonds is 5. The number of piperazine rings is 1. The summed E-state index contributed by atoms with van der Waals surface area (Å²) in [6.45, 7) is 8.49. The fourth-order valence-electron chi connectivity index (χ4n) is 3.14. The summed E-state index contributed by atoms with van der Waals surface area (Å²) in [6, 6.07) is 10.7. The zero-order chi connectivity index (χ0) is 15.4. The van der Waals surface area contributed by atoms with E-state index in [-0.39, 0.29) is 0 Å². The fraction of sp³-hybridized carbons (Fsp3) is 0.500. The molecule has 1 aromatic carbocycles. The molecule has 1 saturated heterocycles. The molecule has 0 radical (unpaired) electrons. The molecule has 2 aromatic rings. The Balaban J connectivity index is 1.65. The Labute approximate surface area is 132 Å². The zero-order valence-electron chi connectivity index (χ0n) is 13.5. The van der Waals surface area contributed by atoms with Crippen molar-refractivity contribution in [2.75, 3.05) is 44.2 Å². The molecule has 4 nitrogen and oxygen atoms in total. The van der Waals surface area contributed by atoms with Crippen molar-refractivity contribution in [3.05, 3.63) is 35.9 Å². The van der Waals surface area contributed by atoms with Gasteiger partial charge in [0, 0.05) is 31.6 Å². The van der Waals surface area contributed by atoms with Crippen molar-refractivity contribution < 1.29 is 0 Å². The molecule has 2 N–H and O–H groups in total. The summed E-state index contributed by atoms with van der Waals surface area (Å²) in [5.74, 6) is 1.11. The summed E-state index contributed by atoms with van der Waals surface area (Å²) in [6.07, 6.45) is 2.34. The van der Waals surface area contributed by atoms with Gasteiger partial charge in [-0.1, -0.05) is 18.2 Å². The van der Waals surface area contributed by atoms with Gasteiger partial charge in [-0.05, 0) is 50.6 Å². The van der Waals surface area contributed by atoms with Crippen molar-refractivity contribution in [1.82, 2.24) is 9.88 Å². The number of pyridine rings is 1. The number of fused-ring (bicyclic) bond motifs is 1. The minimum atomic E-state index is 0.806. The van der Waals surface area contributed by atoms with E-state index in [1.165, 1.54) is 23.9 Å².